The Morgan fingerprint density at radius 1 is 1.20 bits per heavy atom. The highest BCUT2D eigenvalue weighted by Crippen LogP contribution is 2.23. The smallest absolute Gasteiger partial charge is 0.0724 e. The van der Waals surface area contributed by atoms with Crippen molar-refractivity contribution in [3.05, 3.63) is 0 Å². The van der Waals surface area contributed by atoms with Gasteiger partial charge in [-0.1, -0.05) is 0 Å². The molecule has 0 amide bonds. The van der Waals surface area contributed by atoms with Crippen molar-refractivity contribution in [2.24, 2.45) is 0 Å². The van der Waals surface area contributed by atoms with E-state index in [1.807, 2.05) is 0 Å². The molecule has 1 N–H and O–H groups in total. The molecule has 1 aliphatic carbocycles. The summed E-state index contributed by atoms with van der Waals surface area (Å²) in [6.07, 6.45) is 6.23. The molecule has 0 spiro atoms. The maximum Gasteiger partial charge on any atom is 0.0724 e. The summed E-state index contributed by atoms with van der Waals surface area (Å²) in [6.45, 7) is 0. The molecule has 2 fully saturated rings. The van der Waals surface area contributed by atoms with Crippen LogP contribution in [0.5, 0.6) is 0 Å². The van der Waals surface area contributed by atoms with Crippen molar-refractivity contribution in [1.29, 1.82) is 0 Å². The summed E-state index contributed by atoms with van der Waals surface area (Å²) in [7, 11) is 1.26. The largest absolute Gasteiger partial charge is 0.380 e. The molecule has 0 radical (unpaired) electrons. The summed E-state index contributed by atoms with van der Waals surface area (Å²) < 4.78 is 16.7. The van der Waals surface area contributed by atoms with Crippen LogP contribution in [0.1, 0.15) is 32.1 Å². The quantitative estimate of drug-likeness (QED) is 0.789. The van der Waals surface area contributed by atoms with E-state index in [-0.39, 0.29) is 0 Å². The summed E-state index contributed by atoms with van der Waals surface area (Å²) >= 11 is 0. The van der Waals surface area contributed by atoms with Gasteiger partial charge in [0.2, 0.25) is 0 Å². The highest BCUT2D eigenvalue weighted by atomic mass is 32.2. The first-order valence-electron chi connectivity index (χ1n) is 5.93. The third-order valence-electron chi connectivity index (χ3n) is 3.59. The Morgan fingerprint density at radius 3 is 2.60 bits per heavy atom. The number of hydrogen-bond acceptors (Lipinski definition) is 3. The number of methoxy groups -OCH3 is 1. The minimum absolute atomic E-state index is 0.400. The molecule has 1 saturated carbocycles. The first-order valence-corrected chi connectivity index (χ1v) is 7.42. The van der Waals surface area contributed by atoms with Gasteiger partial charge in [0.15, 0.2) is 0 Å². The highest BCUT2D eigenvalue weighted by Gasteiger charge is 2.29. The average Bonchev–Trinajstić information content (AvgIpc) is 2.69. The lowest BCUT2D eigenvalue weighted by Crippen LogP contribution is -2.45. The Balaban J connectivity index is 1.78. The van der Waals surface area contributed by atoms with Crippen molar-refractivity contribution < 1.29 is 8.95 Å². The fourth-order valence-electron chi connectivity index (χ4n) is 2.66. The lowest BCUT2D eigenvalue weighted by atomic mass is 10.1. The fourth-order valence-corrected chi connectivity index (χ4v) is 3.96. The van der Waals surface area contributed by atoms with Crippen LogP contribution < -0.4 is 5.32 Å². The van der Waals surface area contributed by atoms with Gasteiger partial charge in [-0.15, -0.1) is 0 Å². The van der Waals surface area contributed by atoms with Crippen LogP contribution in [-0.4, -0.2) is 41.0 Å². The topological polar surface area (TPSA) is 38.3 Å². The second-order valence-corrected chi connectivity index (χ2v) is 6.30. The van der Waals surface area contributed by atoms with Gasteiger partial charge in [0, 0.05) is 41.5 Å². The van der Waals surface area contributed by atoms with Crippen LogP contribution in [0.4, 0.5) is 0 Å². The predicted octanol–water partition coefficient (Wildman–Crippen LogP) is 1.05. The standard InChI is InChI=1S/C11H21NO2S/c1-14-11-4-2-3-10(11)12-9-5-7-15(13)8-6-9/h9-12H,2-8H2,1H3. The molecular weight excluding hydrogens is 210 g/mol. The van der Waals surface area contributed by atoms with Gasteiger partial charge >= 0.3 is 0 Å². The van der Waals surface area contributed by atoms with Crippen molar-refractivity contribution in [2.45, 2.75) is 50.3 Å². The fraction of sp³-hybridized carbons (Fsp3) is 1.00. The normalized spacial score (nSPS) is 41.9. The first-order chi connectivity index (χ1) is 7.29. The third kappa shape index (κ3) is 3.02. The zero-order valence-electron chi connectivity index (χ0n) is 9.41. The zero-order valence-corrected chi connectivity index (χ0v) is 10.2. The zero-order chi connectivity index (χ0) is 10.7. The van der Waals surface area contributed by atoms with Crippen LogP contribution in [0, 0.1) is 0 Å². The Labute approximate surface area is 94.4 Å². The molecule has 0 aromatic heterocycles. The molecule has 4 heteroatoms. The lowest BCUT2D eigenvalue weighted by Gasteiger charge is -2.28. The summed E-state index contributed by atoms with van der Waals surface area (Å²) in [5, 5.41) is 3.68. The molecule has 2 rings (SSSR count). The number of nitrogens with one attached hydrogen (secondary N) is 1. The molecule has 2 unspecified atom stereocenters. The van der Waals surface area contributed by atoms with E-state index in [9.17, 15) is 4.21 Å². The number of hydrogen-bond donors (Lipinski definition) is 1. The van der Waals surface area contributed by atoms with Gasteiger partial charge in [-0.05, 0) is 32.1 Å². The van der Waals surface area contributed by atoms with E-state index in [0.717, 1.165) is 24.3 Å². The minimum atomic E-state index is -0.546. The first kappa shape index (κ1) is 11.6. The van der Waals surface area contributed by atoms with E-state index < -0.39 is 10.8 Å². The van der Waals surface area contributed by atoms with Crippen molar-refractivity contribution in [3.63, 3.8) is 0 Å². The van der Waals surface area contributed by atoms with Crippen LogP contribution in [0.15, 0.2) is 0 Å². The van der Waals surface area contributed by atoms with Gasteiger partial charge in [0.25, 0.3) is 0 Å². The van der Waals surface area contributed by atoms with Crippen LogP contribution in [-0.2, 0) is 15.5 Å². The molecule has 3 nitrogen and oxygen atoms in total. The molecule has 1 saturated heterocycles. The predicted molar refractivity (Wildman–Crippen MR) is 62.5 cm³/mol. The monoisotopic (exact) mass is 231 g/mol. The molecule has 0 bridgehead atoms. The molecule has 2 aliphatic rings. The Hall–Kier alpha value is 0.0700. The van der Waals surface area contributed by atoms with Gasteiger partial charge in [-0.2, -0.15) is 0 Å². The molecule has 0 aromatic rings. The summed E-state index contributed by atoms with van der Waals surface area (Å²) in [6, 6.07) is 1.11. The van der Waals surface area contributed by atoms with Gasteiger partial charge in [-0.25, -0.2) is 0 Å². The van der Waals surface area contributed by atoms with E-state index in [2.05, 4.69) is 5.32 Å². The number of rotatable bonds is 3. The molecule has 15 heavy (non-hydrogen) atoms. The highest BCUT2D eigenvalue weighted by molar-refractivity contribution is 7.85. The lowest BCUT2D eigenvalue weighted by molar-refractivity contribution is 0.0807. The maximum atomic E-state index is 11.2. The Morgan fingerprint density at radius 2 is 1.93 bits per heavy atom. The second-order valence-electron chi connectivity index (χ2n) is 4.60. The summed E-state index contributed by atoms with van der Waals surface area (Å²) in [5.41, 5.74) is 0. The second kappa shape index (κ2) is 5.41. The Bertz CT molecular complexity index is 225. The SMILES string of the molecule is COC1CCCC1NC1CCS(=O)CC1. The van der Waals surface area contributed by atoms with Crippen molar-refractivity contribution in [3.8, 4) is 0 Å². The average molecular weight is 231 g/mol. The third-order valence-corrected chi connectivity index (χ3v) is 4.98. The van der Waals surface area contributed by atoms with Crippen LogP contribution in [0.25, 0.3) is 0 Å². The summed E-state index contributed by atoms with van der Waals surface area (Å²) in [4.78, 5) is 0. The maximum absolute atomic E-state index is 11.2. The van der Waals surface area contributed by atoms with Crippen LogP contribution >= 0.6 is 0 Å². The molecule has 0 aromatic carbocycles. The van der Waals surface area contributed by atoms with Gasteiger partial charge < -0.3 is 10.1 Å². The molecule has 2 atom stereocenters. The minimum Gasteiger partial charge on any atom is -0.380 e. The van der Waals surface area contributed by atoms with E-state index in [4.69, 9.17) is 4.74 Å². The molecule has 1 aliphatic heterocycles. The van der Waals surface area contributed by atoms with Gasteiger partial charge in [0.1, 0.15) is 0 Å². The summed E-state index contributed by atoms with van der Waals surface area (Å²) in [5.74, 6) is 1.75. The number of ether oxygens (including phenoxy) is 1. The van der Waals surface area contributed by atoms with Crippen molar-refractivity contribution in [2.75, 3.05) is 18.6 Å². The van der Waals surface area contributed by atoms with Gasteiger partial charge in [0.05, 0.1) is 6.10 Å². The van der Waals surface area contributed by atoms with E-state index in [1.54, 1.807) is 7.11 Å². The van der Waals surface area contributed by atoms with Crippen molar-refractivity contribution in [1.82, 2.24) is 5.32 Å². The Kier molecular flexibility index (Phi) is 4.17. The molecular formula is C11H21NO2S. The van der Waals surface area contributed by atoms with Crippen molar-refractivity contribution >= 4 is 10.8 Å². The van der Waals surface area contributed by atoms with E-state index in [0.29, 0.717) is 18.2 Å². The van der Waals surface area contributed by atoms with Crippen LogP contribution in [0.2, 0.25) is 0 Å². The molecule has 88 valence electrons. The van der Waals surface area contributed by atoms with E-state index >= 15 is 0 Å². The van der Waals surface area contributed by atoms with E-state index in [1.165, 1.54) is 19.3 Å². The van der Waals surface area contributed by atoms with Gasteiger partial charge in [-0.3, -0.25) is 4.21 Å². The molecule has 1 heterocycles. The van der Waals surface area contributed by atoms with Crippen LogP contribution in [0.3, 0.4) is 0 Å².